The van der Waals surface area contributed by atoms with Crippen LogP contribution in [-0.2, 0) is 11.2 Å². The molecule has 0 bridgehead atoms. The molecule has 0 aromatic heterocycles. The summed E-state index contributed by atoms with van der Waals surface area (Å²) in [6.07, 6.45) is 14.5. The SMILES string of the molecule is CC(=O)NC/C=C/CCCCCCCCc1ccccc1. The van der Waals surface area contributed by atoms with Gasteiger partial charge in [-0.25, -0.2) is 0 Å². The Bertz CT molecular complexity index is 397. The maximum Gasteiger partial charge on any atom is 0.217 e. The van der Waals surface area contributed by atoms with Crippen molar-refractivity contribution >= 4 is 5.91 Å². The average molecular weight is 287 g/mol. The number of carbonyl (C=O) groups excluding carboxylic acids is 1. The number of unbranched alkanes of at least 4 members (excludes halogenated alkanes) is 6. The first-order valence-corrected chi connectivity index (χ1v) is 8.22. The van der Waals surface area contributed by atoms with Crippen molar-refractivity contribution in [3.8, 4) is 0 Å². The quantitative estimate of drug-likeness (QED) is 0.466. The van der Waals surface area contributed by atoms with Crippen LogP contribution in [-0.4, -0.2) is 12.5 Å². The Morgan fingerprint density at radius 2 is 1.62 bits per heavy atom. The van der Waals surface area contributed by atoms with Gasteiger partial charge < -0.3 is 5.32 Å². The van der Waals surface area contributed by atoms with Crippen molar-refractivity contribution in [1.29, 1.82) is 0 Å². The van der Waals surface area contributed by atoms with Gasteiger partial charge in [-0.15, -0.1) is 0 Å². The molecule has 0 saturated heterocycles. The summed E-state index contributed by atoms with van der Waals surface area (Å²) in [5.74, 6) is 0.0372. The third-order valence-corrected chi connectivity index (χ3v) is 3.56. The maximum atomic E-state index is 10.6. The molecule has 0 radical (unpaired) electrons. The van der Waals surface area contributed by atoms with Crippen LogP contribution in [0.2, 0.25) is 0 Å². The van der Waals surface area contributed by atoms with E-state index in [1.807, 2.05) is 6.08 Å². The molecule has 1 rings (SSSR count). The van der Waals surface area contributed by atoms with Crippen LogP contribution in [0, 0.1) is 0 Å². The van der Waals surface area contributed by atoms with Gasteiger partial charge in [0, 0.05) is 13.5 Å². The number of benzene rings is 1. The molecule has 0 heterocycles. The predicted molar refractivity (Wildman–Crippen MR) is 90.3 cm³/mol. The van der Waals surface area contributed by atoms with Crippen molar-refractivity contribution in [3.63, 3.8) is 0 Å². The normalized spacial score (nSPS) is 10.9. The lowest BCUT2D eigenvalue weighted by atomic mass is 10.0. The highest BCUT2D eigenvalue weighted by Crippen LogP contribution is 2.10. The van der Waals surface area contributed by atoms with Gasteiger partial charge >= 0.3 is 0 Å². The van der Waals surface area contributed by atoms with Gasteiger partial charge in [-0.05, 0) is 31.2 Å². The first kappa shape index (κ1) is 17.5. The summed E-state index contributed by atoms with van der Waals surface area (Å²) in [5, 5.41) is 2.76. The van der Waals surface area contributed by atoms with E-state index in [1.54, 1.807) is 6.92 Å². The van der Waals surface area contributed by atoms with E-state index >= 15 is 0 Å². The van der Waals surface area contributed by atoms with Crippen LogP contribution in [0.4, 0.5) is 0 Å². The Morgan fingerprint density at radius 1 is 0.952 bits per heavy atom. The van der Waals surface area contributed by atoms with Crippen LogP contribution in [0.5, 0.6) is 0 Å². The molecule has 0 aliphatic rings. The molecule has 1 amide bonds. The molecule has 0 fully saturated rings. The van der Waals surface area contributed by atoms with E-state index in [9.17, 15) is 4.79 Å². The first-order chi connectivity index (χ1) is 10.3. The summed E-state index contributed by atoms with van der Waals surface area (Å²) in [7, 11) is 0. The van der Waals surface area contributed by atoms with Crippen molar-refractivity contribution in [1.82, 2.24) is 5.32 Å². The zero-order chi connectivity index (χ0) is 15.2. The van der Waals surface area contributed by atoms with E-state index < -0.39 is 0 Å². The maximum absolute atomic E-state index is 10.6. The van der Waals surface area contributed by atoms with Gasteiger partial charge in [0.15, 0.2) is 0 Å². The van der Waals surface area contributed by atoms with E-state index in [4.69, 9.17) is 0 Å². The van der Waals surface area contributed by atoms with Crippen LogP contribution in [0.25, 0.3) is 0 Å². The number of carbonyl (C=O) groups is 1. The van der Waals surface area contributed by atoms with Gasteiger partial charge in [0.05, 0.1) is 0 Å². The van der Waals surface area contributed by atoms with Gasteiger partial charge in [0.25, 0.3) is 0 Å². The fraction of sp³-hybridized carbons (Fsp3) is 0.526. The molecule has 1 aromatic rings. The first-order valence-electron chi connectivity index (χ1n) is 8.22. The number of rotatable bonds is 11. The molecule has 0 unspecified atom stereocenters. The van der Waals surface area contributed by atoms with Crippen molar-refractivity contribution in [2.75, 3.05) is 6.54 Å². The van der Waals surface area contributed by atoms with Crippen molar-refractivity contribution in [3.05, 3.63) is 48.0 Å². The fourth-order valence-corrected chi connectivity index (χ4v) is 2.35. The molecule has 0 aliphatic carbocycles. The van der Waals surface area contributed by atoms with E-state index in [0.29, 0.717) is 6.54 Å². The van der Waals surface area contributed by atoms with E-state index in [2.05, 4.69) is 41.7 Å². The third kappa shape index (κ3) is 10.8. The van der Waals surface area contributed by atoms with Crippen molar-refractivity contribution in [2.45, 2.75) is 58.3 Å². The van der Waals surface area contributed by atoms with E-state index in [1.165, 1.54) is 50.5 Å². The van der Waals surface area contributed by atoms with Gasteiger partial charge in [0.1, 0.15) is 0 Å². The van der Waals surface area contributed by atoms with Crippen LogP contribution in [0.3, 0.4) is 0 Å². The molecule has 116 valence electrons. The van der Waals surface area contributed by atoms with E-state index in [0.717, 1.165) is 6.42 Å². The number of hydrogen-bond donors (Lipinski definition) is 1. The Hall–Kier alpha value is -1.57. The van der Waals surface area contributed by atoms with Gasteiger partial charge in [-0.3, -0.25) is 4.79 Å². The lowest BCUT2D eigenvalue weighted by Crippen LogP contribution is -2.19. The largest absolute Gasteiger partial charge is 0.353 e. The minimum atomic E-state index is 0.0372. The van der Waals surface area contributed by atoms with Crippen LogP contribution in [0.1, 0.15) is 57.4 Å². The summed E-state index contributed by atoms with van der Waals surface area (Å²) in [6, 6.07) is 10.7. The van der Waals surface area contributed by atoms with Crippen LogP contribution >= 0.6 is 0 Å². The van der Waals surface area contributed by atoms with Crippen molar-refractivity contribution in [2.24, 2.45) is 0 Å². The lowest BCUT2D eigenvalue weighted by molar-refractivity contribution is -0.118. The lowest BCUT2D eigenvalue weighted by Gasteiger charge is -2.02. The van der Waals surface area contributed by atoms with Gasteiger partial charge in [0.2, 0.25) is 5.91 Å². The number of nitrogens with one attached hydrogen (secondary N) is 1. The second-order valence-electron chi connectivity index (χ2n) is 5.55. The molecular weight excluding hydrogens is 258 g/mol. The molecule has 1 aromatic carbocycles. The Balaban J connectivity index is 1.83. The highest BCUT2D eigenvalue weighted by molar-refractivity contribution is 5.72. The molecule has 2 nitrogen and oxygen atoms in total. The zero-order valence-electron chi connectivity index (χ0n) is 13.3. The highest BCUT2D eigenvalue weighted by Gasteiger charge is 1.93. The van der Waals surface area contributed by atoms with Crippen LogP contribution < -0.4 is 5.32 Å². The summed E-state index contributed by atoms with van der Waals surface area (Å²) >= 11 is 0. The second kappa shape index (κ2) is 12.2. The van der Waals surface area contributed by atoms with Crippen molar-refractivity contribution < 1.29 is 4.79 Å². The molecule has 21 heavy (non-hydrogen) atoms. The summed E-state index contributed by atoms with van der Waals surface area (Å²) in [5.41, 5.74) is 1.46. The number of aryl methyl sites for hydroxylation is 1. The smallest absolute Gasteiger partial charge is 0.217 e. The van der Waals surface area contributed by atoms with Gasteiger partial charge in [-0.2, -0.15) is 0 Å². The minimum absolute atomic E-state index is 0.0372. The monoisotopic (exact) mass is 287 g/mol. The Kier molecular flexibility index (Phi) is 10.1. The summed E-state index contributed by atoms with van der Waals surface area (Å²) in [6.45, 7) is 2.21. The fourth-order valence-electron chi connectivity index (χ4n) is 2.35. The molecular formula is C19H29NO. The topological polar surface area (TPSA) is 29.1 Å². The Morgan fingerprint density at radius 3 is 2.33 bits per heavy atom. The summed E-state index contributed by atoms with van der Waals surface area (Å²) < 4.78 is 0. The van der Waals surface area contributed by atoms with Crippen LogP contribution in [0.15, 0.2) is 42.5 Å². The molecule has 0 aliphatic heterocycles. The third-order valence-electron chi connectivity index (χ3n) is 3.56. The number of amides is 1. The Labute approximate surface area is 129 Å². The average Bonchev–Trinajstić information content (AvgIpc) is 2.49. The molecule has 2 heteroatoms. The van der Waals surface area contributed by atoms with Gasteiger partial charge in [-0.1, -0.05) is 68.2 Å². The minimum Gasteiger partial charge on any atom is -0.353 e. The molecule has 1 N–H and O–H groups in total. The number of allylic oxidation sites excluding steroid dienone is 1. The molecule has 0 saturated carbocycles. The predicted octanol–water partition coefficient (Wildman–Crippen LogP) is 4.65. The van der Waals surface area contributed by atoms with E-state index in [-0.39, 0.29) is 5.91 Å². The number of hydrogen-bond acceptors (Lipinski definition) is 1. The molecule has 0 spiro atoms. The molecule has 0 atom stereocenters. The standard InChI is InChI=1S/C19H29NO/c1-18(21)20-17-13-8-6-4-2-3-5-7-10-14-19-15-11-9-12-16-19/h8-9,11-13,15-16H,2-7,10,14,17H2,1H3,(H,20,21)/b13-8+. The second-order valence-corrected chi connectivity index (χ2v) is 5.55. The highest BCUT2D eigenvalue weighted by atomic mass is 16.1. The summed E-state index contributed by atoms with van der Waals surface area (Å²) in [4.78, 5) is 10.6. The zero-order valence-corrected chi connectivity index (χ0v) is 13.3.